The number of nitrogens with zero attached hydrogens (tertiary/aromatic N) is 1. The number of carbonyl (C=O) groups is 3. The Balaban J connectivity index is 0.00000148. The molecule has 194 valence electrons. The first-order valence-corrected chi connectivity index (χ1v) is 13.8. The molecule has 3 N–H and O–H groups in total. The Labute approximate surface area is 217 Å². The number of nitrogens with one attached hydrogen (secondary N) is 3. The van der Waals surface area contributed by atoms with Crippen molar-refractivity contribution < 1.29 is 19.1 Å². The molecule has 2 saturated heterocycles. The van der Waals surface area contributed by atoms with Crippen molar-refractivity contribution in [3.63, 3.8) is 0 Å². The van der Waals surface area contributed by atoms with Crippen LogP contribution in [-0.4, -0.2) is 66.0 Å². The zero-order valence-corrected chi connectivity index (χ0v) is 21.6. The van der Waals surface area contributed by atoms with Gasteiger partial charge in [0.1, 0.15) is 17.8 Å². The monoisotopic (exact) mass is 512 g/mol. The van der Waals surface area contributed by atoms with E-state index in [1.807, 2.05) is 29.2 Å². The molecule has 4 unspecified atom stereocenters. The Morgan fingerprint density at radius 1 is 1.14 bits per heavy atom. The molecule has 8 nitrogen and oxygen atoms in total. The van der Waals surface area contributed by atoms with Crippen LogP contribution in [0.5, 0.6) is 5.75 Å². The number of fused-ring (bicyclic) bond motifs is 2. The van der Waals surface area contributed by atoms with Gasteiger partial charge in [-0.3, -0.25) is 14.4 Å². The number of ether oxygens (including phenoxy) is 1. The molecule has 1 saturated carbocycles. The van der Waals surface area contributed by atoms with Crippen molar-refractivity contribution in [3.8, 4) is 18.6 Å². The van der Waals surface area contributed by atoms with E-state index in [2.05, 4.69) is 28.8 Å². The second-order valence-electron chi connectivity index (χ2n) is 9.92. The van der Waals surface area contributed by atoms with Crippen LogP contribution in [0.15, 0.2) is 24.3 Å². The largest absolute Gasteiger partial charge is 0.493 e. The van der Waals surface area contributed by atoms with Crippen LogP contribution in [0.25, 0.3) is 0 Å². The van der Waals surface area contributed by atoms with Gasteiger partial charge in [-0.2, -0.15) is 0 Å². The summed E-state index contributed by atoms with van der Waals surface area (Å²) in [4.78, 5) is 41.9. The zero-order valence-electron chi connectivity index (χ0n) is 20.8. The van der Waals surface area contributed by atoms with E-state index in [1.165, 1.54) is 0 Å². The maximum absolute atomic E-state index is 14.0. The summed E-state index contributed by atoms with van der Waals surface area (Å²) in [5, 5.41) is 9.02. The molecule has 36 heavy (non-hydrogen) atoms. The van der Waals surface area contributed by atoms with Crippen LogP contribution in [0.2, 0.25) is 0 Å². The van der Waals surface area contributed by atoms with Gasteiger partial charge in [-0.15, -0.1) is 24.6 Å². The van der Waals surface area contributed by atoms with Crippen LogP contribution in [0.4, 0.5) is 0 Å². The number of rotatable bonds is 5. The molecule has 4 atom stereocenters. The highest BCUT2D eigenvalue weighted by atomic mass is 32.2. The Kier molecular flexibility index (Phi) is 8.47. The van der Waals surface area contributed by atoms with Crippen molar-refractivity contribution in [1.29, 1.82) is 0 Å². The molecule has 9 heteroatoms. The SMILES string of the molecule is C#C.CNCC(=O)NC1CCSC2CC3(CCCC3)C(C(=O)NC3CCOc4ccccc43)N2C1=O. The minimum absolute atomic E-state index is 0.0190. The van der Waals surface area contributed by atoms with E-state index in [4.69, 9.17) is 4.74 Å². The van der Waals surface area contributed by atoms with Gasteiger partial charge in [-0.1, -0.05) is 31.0 Å². The van der Waals surface area contributed by atoms with Crippen molar-refractivity contribution in [3.05, 3.63) is 29.8 Å². The molecule has 1 aromatic rings. The smallest absolute Gasteiger partial charge is 0.246 e. The van der Waals surface area contributed by atoms with Gasteiger partial charge in [-0.25, -0.2) is 0 Å². The topological polar surface area (TPSA) is 99.8 Å². The minimum atomic E-state index is -0.589. The quantitative estimate of drug-likeness (QED) is 0.523. The lowest BCUT2D eigenvalue weighted by Gasteiger charge is -2.37. The Hall–Kier alpha value is -2.70. The second-order valence-corrected chi connectivity index (χ2v) is 11.2. The molecule has 0 bridgehead atoms. The normalized spacial score (nSPS) is 28.1. The highest BCUT2D eigenvalue weighted by Gasteiger charge is 2.59. The number of hydrogen-bond acceptors (Lipinski definition) is 6. The van der Waals surface area contributed by atoms with Crippen LogP contribution in [-0.2, 0) is 14.4 Å². The van der Waals surface area contributed by atoms with E-state index in [0.29, 0.717) is 19.4 Å². The van der Waals surface area contributed by atoms with Crippen LogP contribution >= 0.6 is 11.8 Å². The number of amides is 3. The lowest BCUT2D eigenvalue weighted by atomic mass is 9.78. The highest BCUT2D eigenvalue weighted by Crippen LogP contribution is 2.55. The van der Waals surface area contributed by atoms with E-state index in [0.717, 1.165) is 49.2 Å². The van der Waals surface area contributed by atoms with Gasteiger partial charge in [-0.05, 0) is 44.6 Å². The number of terminal acetylenes is 1. The lowest BCUT2D eigenvalue weighted by molar-refractivity contribution is -0.144. The molecule has 1 aliphatic carbocycles. The summed E-state index contributed by atoms with van der Waals surface area (Å²) in [7, 11) is 1.71. The average molecular weight is 513 g/mol. The summed E-state index contributed by atoms with van der Waals surface area (Å²) in [6.45, 7) is 0.718. The molecule has 3 heterocycles. The van der Waals surface area contributed by atoms with Crippen LogP contribution in [0.1, 0.15) is 56.6 Å². The zero-order chi connectivity index (χ0) is 25.7. The number of thioether (sulfide) groups is 1. The summed E-state index contributed by atoms with van der Waals surface area (Å²) in [6.07, 6.45) is 14.2. The third kappa shape index (κ3) is 5.07. The van der Waals surface area contributed by atoms with Crippen LogP contribution < -0.4 is 20.7 Å². The number of hydrogen-bond donors (Lipinski definition) is 3. The van der Waals surface area contributed by atoms with Crippen molar-refractivity contribution in [2.24, 2.45) is 5.41 Å². The van der Waals surface area contributed by atoms with Gasteiger partial charge in [0, 0.05) is 17.4 Å². The van der Waals surface area contributed by atoms with Crippen molar-refractivity contribution in [2.75, 3.05) is 26.0 Å². The molecule has 5 rings (SSSR count). The van der Waals surface area contributed by atoms with Crippen LogP contribution in [0, 0.1) is 18.3 Å². The third-order valence-corrected chi connectivity index (χ3v) is 9.06. The number of likely N-dealkylation sites (N-methyl/N-ethyl adjacent to an activating group) is 1. The molecule has 0 aromatic heterocycles. The molecule has 0 radical (unpaired) electrons. The Morgan fingerprint density at radius 3 is 2.64 bits per heavy atom. The summed E-state index contributed by atoms with van der Waals surface area (Å²) in [5.41, 5.74) is 0.810. The van der Waals surface area contributed by atoms with E-state index >= 15 is 0 Å². The van der Waals surface area contributed by atoms with E-state index in [1.54, 1.807) is 18.8 Å². The first kappa shape index (κ1) is 26.4. The average Bonchev–Trinajstić information content (AvgIpc) is 3.45. The van der Waals surface area contributed by atoms with Gasteiger partial charge in [0.15, 0.2) is 0 Å². The fourth-order valence-corrected chi connectivity index (χ4v) is 7.78. The predicted octanol–water partition coefficient (Wildman–Crippen LogP) is 2.20. The third-order valence-electron chi connectivity index (χ3n) is 7.81. The molecule has 3 aliphatic heterocycles. The lowest BCUT2D eigenvalue weighted by Crippen LogP contribution is -2.58. The highest BCUT2D eigenvalue weighted by molar-refractivity contribution is 7.99. The summed E-state index contributed by atoms with van der Waals surface area (Å²) < 4.78 is 5.78. The van der Waals surface area contributed by atoms with Crippen LogP contribution in [0.3, 0.4) is 0 Å². The van der Waals surface area contributed by atoms with Crippen molar-refractivity contribution in [1.82, 2.24) is 20.9 Å². The first-order chi connectivity index (χ1) is 17.5. The molecule has 3 amide bonds. The molecule has 1 aromatic carbocycles. The second kappa shape index (κ2) is 11.6. The number of benzene rings is 1. The molecular weight excluding hydrogens is 476 g/mol. The van der Waals surface area contributed by atoms with Gasteiger partial charge in [0.25, 0.3) is 0 Å². The van der Waals surface area contributed by atoms with Gasteiger partial charge in [0.2, 0.25) is 17.7 Å². The predicted molar refractivity (Wildman–Crippen MR) is 140 cm³/mol. The Bertz CT molecular complexity index is 993. The van der Waals surface area contributed by atoms with Gasteiger partial charge >= 0.3 is 0 Å². The van der Waals surface area contributed by atoms with Crippen molar-refractivity contribution >= 4 is 29.5 Å². The number of carbonyl (C=O) groups excluding carboxylic acids is 3. The molecule has 3 fully saturated rings. The molecule has 4 aliphatic rings. The number of para-hydroxylation sites is 1. The standard InChI is InChI=1S/C25H34N4O4S.C2H2/c1-26-15-20(30)27-18-9-13-34-21-14-25(10-4-5-11-25)22(29(21)24(18)32)23(31)28-17-8-12-33-19-7-3-2-6-16(17)19;1-2/h2-3,6-7,17-18,21-22,26H,4-5,8-15H2,1H3,(H,27,30)(H,28,31);1-2H. The van der Waals surface area contributed by atoms with Gasteiger partial charge < -0.3 is 25.6 Å². The summed E-state index contributed by atoms with van der Waals surface area (Å²) in [6, 6.07) is 6.62. The van der Waals surface area contributed by atoms with Crippen molar-refractivity contribution in [2.45, 2.75) is 68.4 Å². The first-order valence-electron chi connectivity index (χ1n) is 12.8. The maximum atomic E-state index is 14.0. The maximum Gasteiger partial charge on any atom is 0.246 e. The van der Waals surface area contributed by atoms with Gasteiger partial charge in [0.05, 0.1) is 24.6 Å². The molecule has 1 spiro atoms. The van der Waals surface area contributed by atoms with E-state index < -0.39 is 12.1 Å². The van der Waals surface area contributed by atoms with E-state index in [-0.39, 0.29) is 41.1 Å². The Morgan fingerprint density at radius 2 is 1.89 bits per heavy atom. The fraction of sp³-hybridized carbons (Fsp3) is 0.593. The summed E-state index contributed by atoms with van der Waals surface area (Å²) in [5.74, 6) is 1.22. The van der Waals surface area contributed by atoms with E-state index in [9.17, 15) is 14.4 Å². The summed E-state index contributed by atoms with van der Waals surface area (Å²) >= 11 is 1.76. The minimum Gasteiger partial charge on any atom is -0.493 e. The fourth-order valence-electron chi connectivity index (χ4n) is 6.30. The molecular formula is C27H36N4O4S.